The van der Waals surface area contributed by atoms with Crippen LogP contribution in [0, 0.1) is 0 Å². The van der Waals surface area contributed by atoms with Gasteiger partial charge in [-0.25, -0.2) is 0 Å². The predicted molar refractivity (Wildman–Crippen MR) is 159 cm³/mol. The molecule has 1 aliphatic carbocycles. The van der Waals surface area contributed by atoms with E-state index in [1.165, 1.54) is 32.9 Å². The van der Waals surface area contributed by atoms with E-state index >= 15 is 0 Å². The minimum atomic E-state index is 0.00365. The Labute approximate surface area is 224 Å². The number of fused-ring (bicyclic) bond motifs is 9. The van der Waals surface area contributed by atoms with Gasteiger partial charge in [-0.2, -0.15) is 0 Å². The minimum Gasteiger partial charge on any atom is -0.485 e. The predicted octanol–water partition coefficient (Wildman–Crippen LogP) is 9.18. The molecule has 0 radical (unpaired) electrons. The maximum atomic E-state index is 6.72. The maximum absolute atomic E-state index is 6.72. The Hall–Kier alpha value is -5.02. The van der Waals surface area contributed by atoms with Gasteiger partial charge in [0.05, 0.1) is 17.0 Å². The Morgan fingerprint density at radius 3 is 2.23 bits per heavy atom. The summed E-state index contributed by atoms with van der Waals surface area (Å²) in [5, 5.41) is 4.77. The van der Waals surface area contributed by atoms with Crippen LogP contribution in [0.15, 0.2) is 132 Å². The highest BCUT2D eigenvalue weighted by molar-refractivity contribution is 6.11. The number of hydrogen-bond donors (Lipinski definition) is 0. The molecule has 5 aromatic carbocycles. The number of ether oxygens (including phenoxy) is 1. The molecule has 2 aliphatic rings. The summed E-state index contributed by atoms with van der Waals surface area (Å²) < 4.78 is 15.4. The van der Waals surface area contributed by atoms with E-state index in [1.807, 2.05) is 6.07 Å². The first kappa shape index (κ1) is 21.0. The molecule has 184 valence electrons. The first-order valence-corrected chi connectivity index (χ1v) is 13.4. The number of benzene rings is 5. The lowest BCUT2D eigenvalue weighted by atomic mass is 9.81. The van der Waals surface area contributed by atoms with Gasteiger partial charge in [-0.05, 0) is 42.0 Å². The van der Waals surface area contributed by atoms with Crippen molar-refractivity contribution in [1.29, 1.82) is 0 Å². The molecular formula is C36H23NO2. The summed E-state index contributed by atoms with van der Waals surface area (Å²) in [5.41, 5.74) is 8.90. The van der Waals surface area contributed by atoms with Crippen molar-refractivity contribution in [1.82, 2.24) is 4.57 Å². The first-order chi connectivity index (χ1) is 19.3. The third-order valence-corrected chi connectivity index (χ3v) is 8.39. The monoisotopic (exact) mass is 501 g/mol. The summed E-state index contributed by atoms with van der Waals surface area (Å²) in [5.74, 6) is 1.12. The van der Waals surface area contributed by atoms with E-state index in [1.54, 1.807) is 0 Å². The van der Waals surface area contributed by atoms with Gasteiger partial charge >= 0.3 is 0 Å². The molecule has 0 spiro atoms. The van der Waals surface area contributed by atoms with E-state index in [4.69, 9.17) is 9.15 Å². The number of rotatable bonds is 2. The van der Waals surface area contributed by atoms with Crippen LogP contribution < -0.4 is 4.74 Å². The SMILES string of the molecule is C1=CC2Oc3ccccc3C2C(c2cccc3c2oc2cc(-n4c5ccccc5c5ccccc54)ccc23)=C1. The molecule has 1 aliphatic heterocycles. The van der Waals surface area contributed by atoms with Crippen molar-refractivity contribution >= 4 is 49.3 Å². The second kappa shape index (κ2) is 7.75. The van der Waals surface area contributed by atoms with E-state index in [2.05, 4.69) is 126 Å². The Balaban J connectivity index is 1.25. The zero-order valence-corrected chi connectivity index (χ0v) is 21.0. The van der Waals surface area contributed by atoms with Crippen molar-refractivity contribution in [2.24, 2.45) is 0 Å². The van der Waals surface area contributed by atoms with E-state index in [9.17, 15) is 0 Å². The molecule has 3 nitrogen and oxygen atoms in total. The second-order valence-corrected chi connectivity index (χ2v) is 10.4. The summed E-state index contributed by atoms with van der Waals surface area (Å²) in [6.07, 6.45) is 6.50. The van der Waals surface area contributed by atoms with Crippen LogP contribution in [0.5, 0.6) is 5.75 Å². The van der Waals surface area contributed by atoms with Crippen LogP contribution in [0.4, 0.5) is 0 Å². The molecule has 9 rings (SSSR count). The number of hydrogen-bond acceptors (Lipinski definition) is 2. The molecule has 2 unspecified atom stereocenters. The Morgan fingerprint density at radius 1 is 0.641 bits per heavy atom. The van der Waals surface area contributed by atoms with Crippen molar-refractivity contribution in [2.45, 2.75) is 12.0 Å². The molecular weight excluding hydrogens is 478 g/mol. The van der Waals surface area contributed by atoms with Crippen LogP contribution >= 0.6 is 0 Å². The van der Waals surface area contributed by atoms with Crippen LogP contribution in [0.25, 0.3) is 55.0 Å². The zero-order valence-electron chi connectivity index (χ0n) is 21.0. The number of aromatic nitrogens is 1. The van der Waals surface area contributed by atoms with Crippen molar-refractivity contribution in [3.8, 4) is 11.4 Å². The summed E-state index contributed by atoms with van der Waals surface area (Å²) in [7, 11) is 0. The summed E-state index contributed by atoms with van der Waals surface area (Å²) in [4.78, 5) is 0. The second-order valence-electron chi connectivity index (χ2n) is 10.4. The largest absolute Gasteiger partial charge is 0.485 e. The van der Waals surface area contributed by atoms with Crippen LogP contribution in [0.1, 0.15) is 17.0 Å². The van der Waals surface area contributed by atoms with Gasteiger partial charge in [0.2, 0.25) is 0 Å². The van der Waals surface area contributed by atoms with Gasteiger partial charge in [-0.3, -0.25) is 0 Å². The lowest BCUT2D eigenvalue weighted by molar-refractivity contribution is 0.271. The molecule has 0 fully saturated rings. The van der Waals surface area contributed by atoms with Crippen molar-refractivity contribution < 1.29 is 9.15 Å². The average molecular weight is 502 g/mol. The molecule has 2 atom stereocenters. The first-order valence-electron chi connectivity index (χ1n) is 13.4. The van der Waals surface area contributed by atoms with Crippen LogP contribution in [0.3, 0.4) is 0 Å². The van der Waals surface area contributed by atoms with Crippen LogP contribution in [0.2, 0.25) is 0 Å². The van der Waals surface area contributed by atoms with E-state index < -0.39 is 0 Å². The van der Waals surface area contributed by atoms with E-state index in [0.717, 1.165) is 38.9 Å². The number of nitrogens with zero attached hydrogens (tertiary/aromatic N) is 1. The van der Waals surface area contributed by atoms with Gasteiger partial charge in [-0.15, -0.1) is 0 Å². The van der Waals surface area contributed by atoms with Gasteiger partial charge in [0.15, 0.2) is 0 Å². The van der Waals surface area contributed by atoms with E-state index in [-0.39, 0.29) is 12.0 Å². The van der Waals surface area contributed by atoms with Gasteiger partial charge in [0.1, 0.15) is 23.0 Å². The van der Waals surface area contributed by atoms with Crippen molar-refractivity contribution in [3.63, 3.8) is 0 Å². The normalized spacial score (nSPS) is 18.0. The Kier molecular flexibility index (Phi) is 4.17. The molecule has 0 amide bonds. The third-order valence-electron chi connectivity index (χ3n) is 8.39. The highest BCUT2D eigenvalue weighted by atomic mass is 16.5. The fourth-order valence-corrected chi connectivity index (χ4v) is 6.72. The minimum absolute atomic E-state index is 0.00365. The smallest absolute Gasteiger partial charge is 0.142 e. The van der Waals surface area contributed by atoms with E-state index in [0.29, 0.717) is 0 Å². The number of allylic oxidation sites excluding steroid dienone is 2. The molecule has 2 aromatic heterocycles. The topological polar surface area (TPSA) is 27.3 Å². The molecule has 3 heterocycles. The Bertz CT molecular complexity index is 2120. The highest BCUT2D eigenvalue weighted by Gasteiger charge is 2.37. The van der Waals surface area contributed by atoms with Crippen molar-refractivity contribution in [3.05, 3.63) is 139 Å². The van der Waals surface area contributed by atoms with Crippen LogP contribution in [-0.4, -0.2) is 10.7 Å². The average Bonchev–Trinajstić information content (AvgIpc) is 3.66. The molecule has 39 heavy (non-hydrogen) atoms. The standard InChI is InChI=1S/C36H23NO2/c1-4-15-30-23(9-1)24-10-2-5-16-31(24)37(30)22-19-20-25-27-13-7-14-28(36(27)39-34(25)21-22)26-12-8-18-33-35(26)29-11-3-6-17-32(29)38-33/h1-21,33,35H. The summed E-state index contributed by atoms with van der Waals surface area (Å²) >= 11 is 0. The fraction of sp³-hybridized carbons (Fsp3) is 0.0556. The Morgan fingerprint density at radius 2 is 1.38 bits per heavy atom. The van der Waals surface area contributed by atoms with Crippen molar-refractivity contribution in [2.75, 3.05) is 0 Å². The summed E-state index contributed by atoms with van der Waals surface area (Å²) in [6.45, 7) is 0. The highest BCUT2D eigenvalue weighted by Crippen LogP contribution is 2.49. The number of furan rings is 1. The van der Waals surface area contributed by atoms with Crippen LogP contribution in [-0.2, 0) is 0 Å². The quantitative estimate of drug-likeness (QED) is 0.236. The molecule has 7 aromatic rings. The lowest BCUT2D eigenvalue weighted by Crippen LogP contribution is -2.19. The maximum Gasteiger partial charge on any atom is 0.142 e. The van der Waals surface area contributed by atoms with Gasteiger partial charge in [0.25, 0.3) is 0 Å². The van der Waals surface area contributed by atoms with Gasteiger partial charge in [0, 0.05) is 44.4 Å². The molecule has 3 heteroatoms. The molecule has 0 saturated carbocycles. The summed E-state index contributed by atoms with van der Waals surface area (Å²) in [6, 6.07) is 38.7. The third kappa shape index (κ3) is 2.87. The molecule has 0 bridgehead atoms. The van der Waals surface area contributed by atoms with Gasteiger partial charge in [-0.1, -0.05) is 84.9 Å². The molecule has 0 N–H and O–H groups in total. The van der Waals surface area contributed by atoms with Gasteiger partial charge < -0.3 is 13.7 Å². The number of para-hydroxylation sites is 4. The fourth-order valence-electron chi connectivity index (χ4n) is 6.72. The lowest BCUT2D eigenvalue weighted by Gasteiger charge is -2.23. The zero-order chi connectivity index (χ0) is 25.5. The molecule has 0 saturated heterocycles.